The highest BCUT2D eigenvalue weighted by Crippen LogP contribution is 2.26. The molecule has 0 N–H and O–H groups in total. The molecule has 0 aromatic heterocycles. The molecule has 0 fully saturated rings. The van der Waals surface area contributed by atoms with E-state index in [1.807, 2.05) is 6.07 Å². The molecule has 0 bridgehead atoms. The van der Waals surface area contributed by atoms with Crippen LogP contribution in [0.4, 0.5) is 5.69 Å². The lowest BCUT2D eigenvalue weighted by molar-refractivity contribution is -0.385. The Kier molecular flexibility index (Phi) is 6.29. The van der Waals surface area contributed by atoms with Crippen LogP contribution >= 0.6 is 15.9 Å². The monoisotopic (exact) mass is 314 g/mol. The van der Waals surface area contributed by atoms with Gasteiger partial charge in [0, 0.05) is 12.6 Å². The first-order chi connectivity index (χ1) is 8.58. The summed E-state index contributed by atoms with van der Waals surface area (Å²) in [7, 11) is 0. The van der Waals surface area contributed by atoms with Crippen LogP contribution in [-0.4, -0.2) is 22.9 Å². The van der Waals surface area contributed by atoms with Crippen molar-refractivity contribution in [2.45, 2.75) is 33.2 Å². The Morgan fingerprint density at radius 3 is 2.39 bits per heavy atom. The molecule has 0 atom stereocenters. The van der Waals surface area contributed by atoms with Crippen molar-refractivity contribution in [3.05, 3.63) is 38.3 Å². The lowest BCUT2D eigenvalue weighted by Crippen LogP contribution is -2.24. The molecule has 0 amide bonds. The maximum Gasteiger partial charge on any atom is 0.283 e. The number of hydrogen-bond donors (Lipinski definition) is 0. The number of hydrogen-bond acceptors (Lipinski definition) is 3. The van der Waals surface area contributed by atoms with Crippen LogP contribution in [0.5, 0.6) is 0 Å². The fraction of sp³-hybridized carbons (Fsp3) is 0.538. The van der Waals surface area contributed by atoms with Crippen molar-refractivity contribution in [1.82, 2.24) is 4.90 Å². The number of benzene rings is 1. The Hall–Kier alpha value is -0.940. The average molecular weight is 315 g/mol. The number of nitro benzene ring substituents is 1. The summed E-state index contributed by atoms with van der Waals surface area (Å²) in [6, 6.07) is 5.35. The normalized spacial score (nSPS) is 10.9. The van der Waals surface area contributed by atoms with Crippen molar-refractivity contribution >= 4 is 21.6 Å². The molecule has 18 heavy (non-hydrogen) atoms. The molecule has 1 aromatic carbocycles. The van der Waals surface area contributed by atoms with Gasteiger partial charge >= 0.3 is 0 Å². The van der Waals surface area contributed by atoms with E-state index in [0.717, 1.165) is 38.0 Å². The topological polar surface area (TPSA) is 46.4 Å². The molecule has 100 valence electrons. The summed E-state index contributed by atoms with van der Waals surface area (Å²) in [5, 5.41) is 10.9. The molecule has 0 radical (unpaired) electrons. The standard InChI is InChI=1S/C13H19BrN2O2/c1-3-7-15(8-4-2)10-11-5-6-12(14)13(9-11)16(17)18/h5-6,9H,3-4,7-8,10H2,1-2H3. The van der Waals surface area contributed by atoms with E-state index >= 15 is 0 Å². The van der Waals surface area contributed by atoms with Crippen LogP contribution in [0.25, 0.3) is 0 Å². The van der Waals surface area contributed by atoms with E-state index in [9.17, 15) is 10.1 Å². The molecule has 0 aliphatic carbocycles. The van der Waals surface area contributed by atoms with Gasteiger partial charge in [-0.25, -0.2) is 0 Å². The zero-order valence-electron chi connectivity index (χ0n) is 10.9. The number of halogens is 1. The third-order valence-corrected chi connectivity index (χ3v) is 3.36. The van der Waals surface area contributed by atoms with E-state index in [4.69, 9.17) is 0 Å². The van der Waals surface area contributed by atoms with Crippen LogP contribution in [0.3, 0.4) is 0 Å². The number of rotatable bonds is 7. The van der Waals surface area contributed by atoms with Crippen molar-refractivity contribution in [3.63, 3.8) is 0 Å². The van der Waals surface area contributed by atoms with Crippen LogP contribution < -0.4 is 0 Å². The summed E-state index contributed by atoms with van der Waals surface area (Å²) >= 11 is 3.20. The summed E-state index contributed by atoms with van der Waals surface area (Å²) in [6.45, 7) is 7.12. The van der Waals surface area contributed by atoms with Gasteiger partial charge in [0.2, 0.25) is 0 Å². The number of nitrogens with zero attached hydrogens (tertiary/aromatic N) is 2. The van der Waals surface area contributed by atoms with Crippen LogP contribution in [0.1, 0.15) is 32.3 Å². The summed E-state index contributed by atoms with van der Waals surface area (Å²) in [5.74, 6) is 0. The second kappa shape index (κ2) is 7.48. The van der Waals surface area contributed by atoms with Gasteiger partial charge in [0.25, 0.3) is 5.69 Å². The lowest BCUT2D eigenvalue weighted by atomic mass is 10.2. The van der Waals surface area contributed by atoms with Gasteiger partial charge in [-0.05, 0) is 53.5 Å². The predicted molar refractivity (Wildman–Crippen MR) is 76.7 cm³/mol. The molecule has 5 heteroatoms. The van der Waals surface area contributed by atoms with E-state index in [0.29, 0.717) is 4.47 Å². The Morgan fingerprint density at radius 2 is 1.89 bits per heavy atom. The zero-order valence-corrected chi connectivity index (χ0v) is 12.4. The van der Waals surface area contributed by atoms with Gasteiger partial charge in [-0.1, -0.05) is 19.9 Å². The summed E-state index contributed by atoms with van der Waals surface area (Å²) in [6.07, 6.45) is 2.19. The van der Waals surface area contributed by atoms with E-state index < -0.39 is 0 Å². The van der Waals surface area contributed by atoms with E-state index in [2.05, 4.69) is 34.7 Å². The second-order valence-corrected chi connectivity index (χ2v) is 5.17. The first kappa shape index (κ1) is 15.1. The minimum atomic E-state index is -0.350. The average Bonchev–Trinajstić information content (AvgIpc) is 2.32. The molecular formula is C13H19BrN2O2. The molecule has 4 nitrogen and oxygen atoms in total. The highest BCUT2D eigenvalue weighted by atomic mass is 79.9. The van der Waals surface area contributed by atoms with Gasteiger partial charge in [0.15, 0.2) is 0 Å². The van der Waals surface area contributed by atoms with Crippen molar-refractivity contribution in [2.75, 3.05) is 13.1 Å². The maximum absolute atomic E-state index is 10.9. The first-order valence-corrected chi connectivity index (χ1v) is 7.03. The molecule has 1 aromatic rings. The van der Waals surface area contributed by atoms with Gasteiger partial charge in [-0.2, -0.15) is 0 Å². The quantitative estimate of drug-likeness (QED) is 0.565. The van der Waals surface area contributed by atoms with E-state index in [1.165, 1.54) is 0 Å². The highest BCUT2D eigenvalue weighted by molar-refractivity contribution is 9.10. The smallest absolute Gasteiger partial charge is 0.283 e. The third kappa shape index (κ3) is 4.38. The molecule has 0 saturated heterocycles. The third-order valence-electron chi connectivity index (χ3n) is 2.69. The van der Waals surface area contributed by atoms with Gasteiger partial charge < -0.3 is 0 Å². The van der Waals surface area contributed by atoms with Gasteiger partial charge in [0.1, 0.15) is 0 Å². The second-order valence-electron chi connectivity index (χ2n) is 4.32. The first-order valence-electron chi connectivity index (χ1n) is 6.23. The minimum Gasteiger partial charge on any atom is -0.299 e. The van der Waals surface area contributed by atoms with Crippen molar-refractivity contribution in [2.24, 2.45) is 0 Å². The van der Waals surface area contributed by atoms with Gasteiger partial charge in [0.05, 0.1) is 9.40 Å². The number of nitro groups is 1. The Morgan fingerprint density at radius 1 is 1.28 bits per heavy atom. The van der Waals surface area contributed by atoms with Crippen molar-refractivity contribution in [1.29, 1.82) is 0 Å². The molecule has 0 saturated carbocycles. The van der Waals surface area contributed by atoms with Crippen LogP contribution in [-0.2, 0) is 6.54 Å². The largest absolute Gasteiger partial charge is 0.299 e. The van der Waals surface area contributed by atoms with Crippen molar-refractivity contribution in [3.8, 4) is 0 Å². The maximum atomic E-state index is 10.9. The molecular weight excluding hydrogens is 296 g/mol. The summed E-state index contributed by atoms with van der Waals surface area (Å²) in [5.41, 5.74) is 1.13. The van der Waals surface area contributed by atoms with Crippen molar-refractivity contribution < 1.29 is 4.92 Å². The molecule has 1 rings (SSSR count). The fourth-order valence-corrected chi connectivity index (χ4v) is 2.35. The Bertz CT molecular complexity index is 404. The van der Waals surface area contributed by atoms with E-state index in [-0.39, 0.29) is 10.6 Å². The zero-order chi connectivity index (χ0) is 13.5. The Labute approximate surface area is 116 Å². The lowest BCUT2D eigenvalue weighted by Gasteiger charge is -2.20. The Balaban J connectivity index is 2.82. The van der Waals surface area contributed by atoms with Crippen LogP contribution in [0.2, 0.25) is 0 Å². The molecule has 0 unspecified atom stereocenters. The highest BCUT2D eigenvalue weighted by Gasteiger charge is 2.13. The summed E-state index contributed by atoms with van der Waals surface area (Å²) in [4.78, 5) is 12.8. The molecule has 0 heterocycles. The predicted octanol–water partition coefficient (Wildman–Crippen LogP) is 3.98. The van der Waals surface area contributed by atoms with Crippen LogP contribution in [0.15, 0.2) is 22.7 Å². The SMILES string of the molecule is CCCN(CCC)Cc1ccc(Br)c([N+](=O)[O-])c1. The van der Waals surface area contributed by atoms with Crippen LogP contribution in [0, 0.1) is 10.1 Å². The van der Waals surface area contributed by atoms with Gasteiger partial charge in [-0.3, -0.25) is 15.0 Å². The van der Waals surface area contributed by atoms with E-state index in [1.54, 1.807) is 12.1 Å². The summed E-state index contributed by atoms with van der Waals surface area (Å²) < 4.78 is 0.536. The molecule has 0 aliphatic rings. The fourth-order valence-electron chi connectivity index (χ4n) is 1.96. The molecule has 0 spiro atoms. The van der Waals surface area contributed by atoms with Gasteiger partial charge in [-0.15, -0.1) is 0 Å². The molecule has 0 aliphatic heterocycles. The minimum absolute atomic E-state index is 0.139.